The minimum atomic E-state index is -0.0837. The fraction of sp³-hybridized carbons (Fsp3) is 0.895. The number of unbranched alkanes of at least 4 members (excludes halogenated alkanes) is 11. The molecule has 0 saturated carbocycles. The zero-order valence-electron chi connectivity index (χ0n) is 16.2. The highest BCUT2D eigenvalue weighted by Gasteiger charge is 2.08. The summed E-state index contributed by atoms with van der Waals surface area (Å²) in [6, 6.07) is 0. The Bertz CT molecular complexity index is 337. The number of nitrogens with zero attached hydrogens (tertiary/aromatic N) is 1. The lowest BCUT2D eigenvalue weighted by Crippen LogP contribution is -2.37. The number of nitrogens with one attached hydrogen (secondary N) is 1. The van der Waals surface area contributed by atoms with E-state index in [1.807, 2.05) is 0 Å². The Kier molecular flexibility index (Phi) is 16.9. The molecule has 148 valence electrons. The highest BCUT2D eigenvalue weighted by molar-refractivity contribution is 5.75. The minimum Gasteiger partial charge on any atom is -0.294 e. The van der Waals surface area contributed by atoms with Crippen LogP contribution in [0.25, 0.3) is 0 Å². The second-order valence-electron chi connectivity index (χ2n) is 6.90. The van der Waals surface area contributed by atoms with Crippen molar-refractivity contribution < 1.29 is 9.59 Å². The molecule has 6 nitrogen and oxygen atoms in total. The average molecular weight is 357 g/mol. The molecular weight excluding hydrogens is 316 g/mol. The predicted molar refractivity (Wildman–Crippen MR) is 103 cm³/mol. The molecule has 5 N–H and O–H groups in total. The molecule has 0 aliphatic rings. The van der Waals surface area contributed by atoms with E-state index in [4.69, 9.17) is 11.7 Å². The summed E-state index contributed by atoms with van der Waals surface area (Å²) in [5, 5.41) is 1.41. The lowest BCUT2D eigenvalue weighted by molar-refractivity contribution is -0.131. The van der Waals surface area contributed by atoms with E-state index in [1.54, 1.807) is 0 Å². The fourth-order valence-electron chi connectivity index (χ4n) is 2.85. The Morgan fingerprint density at radius 2 is 1.24 bits per heavy atom. The molecule has 2 amide bonds. The Morgan fingerprint density at radius 3 is 1.80 bits per heavy atom. The summed E-state index contributed by atoms with van der Waals surface area (Å²) >= 11 is 0. The Hall–Kier alpha value is -1.14. The molecule has 0 unspecified atom stereocenters. The predicted octanol–water partition coefficient (Wildman–Crippen LogP) is 3.55. The third kappa shape index (κ3) is 16.1. The Labute approximate surface area is 154 Å². The zero-order valence-corrected chi connectivity index (χ0v) is 16.2. The van der Waals surface area contributed by atoms with Crippen molar-refractivity contribution in [3.63, 3.8) is 0 Å². The molecule has 0 bridgehead atoms. The van der Waals surface area contributed by atoms with E-state index in [0.717, 1.165) is 51.4 Å². The van der Waals surface area contributed by atoms with E-state index < -0.39 is 0 Å². The number of hydrogen-bond donors (Lipinski definition) is 3. The van der Waals surface area contributed by atoms with E-state index in [1.165, 1.54) is 37.1 Å². The van der Waals surface area contributed by atoms with Gasteiger partial charge in [0.15, 0.2) is 0 Å². The van der Waals surface area contributed by atoms with Gasteiger partial charge in [-0.05, 0) is 19.3 Å². The van der Waals surface area contributed by atoms with Crippen LogP contribution in [0.3, 0.4) is 0 Å². The van der Waals surface area contributed by atoms with Crippen molar-refractivity contribution in [1.82, 2.24) is 10.4 Å². The van der Waals surface area contributed by atoms with Crippen LogP contribution in [0.15, 0.2) is 0 Å². The van der Waals surface area contributed by atoms with Gasteiger partial charge in [0, 0.05) is 19.4 Å². The third-order valence-electron chi connectivity index (χ3n) is 4.53. The molecule has 0 aromatic rings. The number of carbonyl (C=O) groups excluding carboxylic acids is 2. The number of nitrogens with two attached hydrogens (primary N) is 2. The summed E-state index contributed by atoms with van der Waals surface area (Å²) in [6.45, 7) is 2.88. The minimum absolute atomic E-state index is 0.0775. The summed E-state index contributed by atoms with van der Waals surface area (Å²) in [5.74, 6) is 10.8. The van der Waals surface area contributed by atoms with Gasteiger partial charge in [0.1, 0.15) is 0 Å². The molecule has 0 heterocycles. The molecule has 0 radical (unpaired) electrons. The van der Waals surface area contributed by atoms with Crippen molar-refractivity contribution in [2.24, 2.45) is 11.7 Å². The smallest absolute Gasteiger partial charge is 0.236 e. The second kappa shape index (κ2) is 17.7. The molecule has 0 saturated heterocycles. The first-order valence-electron chi connectivity index (χ1n) is 10.2. The molecule has 0 atom stereocenters. The van der Waals surface area contributed by atoms with Gasteiger partial charge in [-0.2, -0.15) is 0 Å². The molecular formula is C19H40N4O2. The summed E-state index contributed by atoms with van der Waals surface area (Å²) in [7, 11) is 0. The maximum Gasteiger partial charge on any atom is 0.236 e. The van der Waals surface area contributed by atoms with Crippen LogP contribution in [0.1, 0.15) is 103 Å². The SMILES string of the molecule is CCCCCCCN(N)C(=O)CCCCCCCCCCC(=O)NN. The molecule has 0 fully saturated rings. The van der Waals surface area contributed by atoms with Crippen LogP contribution in [0.5, 0.6) is 0 Å². The van der Waals surface area contributed by atoms with Gasteiger partial charge >= 0.3 is 0 Å². The van der Waals surface area contributed by atoms with Crippen LogP contribution < -0.4 is 17.1 Å². The summed E-state index contributed by atoms with van der Waals surface area (Å²) in [6.07, 6.45) is 15.7. The summed E-state index contributed by atoms with van der Waals surface area (Å²) in [5.41, 5.74) is 2.15. The van der Waals surface area contributed by atoms with Gasteiger partial charge in [0.2, 0.25) is 11.8 Å². The average Bonchev–Trinajstić information content (AvgIpc) is 2.62. The first-order valence-corrected chi connectivity index (χ1v) is 10.2. The summed E-state index contributed by atoms with van der Waals surface area (Å²) in [4.78, 5) is 22.9. The van der Waals surface area contributed by atoms with Crippen LogP contribution in [0.4, 0.5) is 0 Å². The monoisotopic (exact) mass is 356 g/mol. The number of hydrogen-bond acceptors (Lipinski definition) is 4. The number of carbonyl (C=O) groups is 2. The quantitative estimate of drug-likeness (QED) is 0.160. The first-order chi connectivity index (χ1) is 12.1. The zero-order chi connectivity index (χ0) is 18.8. The molecule has 0 rings (SSSR count). The Balaban J connectivity index is 3.35. The van der Waals surface area contributed by atoms with E-state index in [-0.39, 0.29) is 11.8 Å². The number of rotatable bonds is 17. The molecule has 6 heteroatoms. The molecule has 0 spiro atoms. The normalized spacial score (nSPS) is 10.7. The van der Waals surface area contributed by atoms with Gasteiger partial charge in [-0.3, -0.25) is 20.0 Å². The molecule has 0 aromatic heterocycles. The Morgan fingerprint density at radius 1 is 0.760 bits per heavy atom. The third-order valence-corrected chi connectivity index (χ3v) is 4.53. The van der Waals surface area contributed by atoms with Crippen LogP contribution in [-0.2, 0) is 9.59 Å². The van der Waals surface area contributed by atoms with Gasteiger partial charge < -0.3 is 0 Å². The van der Waals surface area contributed by atoms with Crippen LogP contribution in [-0.4, -0.2) is 23.4 Å². The number of amides is 2. The van der Waals surface area contributed by atoms with Crippen LogP contribution in [0.2, 0.25) is 0 Å². The highest BCUT2D eigenvalue weighted by Crippen LogP contribution is 2.11. The maximum atomic E-state index is 11.9. The van der Waals surface area contributed by atoms with Crippen LogP contribution >= 0.6 is 0 Å². The van der Waals surface area contributed by atoms with Gasteiger partial charge in [-0.1, -0.05) is 71.1 Å². The molecule has 25 heavy (non-hydrogen) atoms. The highest BCUT2D eigenvalue weighted by atomic mass is 16.2. The van der Waals surface area contributed by atoms with Gasteiger partial charge in [0.05, 0.1) is 0 Å². The fourth-order valence-corrected chi connectivity index (χ4v) is 2.85. The molecule has 0 aliphatic carbocycles. The first kappa shape index (κ1) is 23.9. The largest absolute Gasteiger partial charge is 0.294 e. The van der Waals surface area contributed by atoms with Gasteiger partial charge in [0.25, 0.3) is 0 Å². The van der Waals surface area contributed by atoms with Crippen molar-refractivity contribution in [3.8, 4) is 0 Å². The van der Waals surface area contributed by atoms with E-state index in [9.17, 15) is 9.59 Å². The standard InChI is InChI=1S/C19H40N4O2/c1-2-3-4-11-14-17-23(21)19(25)16-13-10-8-6-5-7-9-12-15-18(24)22-20/h2-17,20-21H2,1H3,(H,22,24). The van der Waals surface area contributed by atoms with E-state index in [2.05, 4.69) is 12.3 Å². The molecule has 0 aromatic carbocycles. The van der Waals surface area contributed by atoms with Gasteiger partial charge in [-0.25, -0.2) is 11.7 Å². The van der Waals surface area contributed by atoms with Crippen molar-refractivity contribution >= 4 is 11.8 Å². The van der Waals surface area contributed by atoms with Crippen molar-refractivity contribution in [2.45, 2.75) is 103 Å². The molecule has 0 aliphatic heterocycles. The van der Waals surface area contributed by atoms with Crippen molar-refractivity contribution in [3.05, 3.63) is 0 Å². The lowest BCUT2D eigenvalue weighted by atomic mass is 10.1. The van der Waals surface area contributed by atoms with Crippen molar-refractivity contribution in [1.29, 1.82) is 0 Å². The maximum absolute atomic E-state index is 11.9. The second-order valence-corrected chi connectivity index (χ2v) is 6.90. The summed E-state index contributed by atoms with van der Waals surface area (Å²) < 4.78 is 0. The van der Waals surface area contributed by atoms with Crippen LogP contribution in [0, 0.1) is 0 Å². The van der Waals surface area contributed by atoms with E-state index >= 15 is 0 Å². The topological polar surface area (TPSA) is 101 Å². The number of hydrazine groups is 2. The van der Waals surface area contributed by atoms with E-state index in [0.29, 0.717) is 19.4 Å². The van der Waals surface area contributed by atoms with Gasteiger partial charge in [-0.15, -0.1) is 0 Å². The van der Waals surface area contributed by atoms with Crippen molar-refractivity contribution in [2.75, 3.05) is 6.54 Å². The lowest BCUT2D eigenvalue weighted by Gasteiger charge is -2.16.